The molecule has 1 saturated carbocycles. The quantitative estimate of drug-likeness (QED) is 0.861. The molecule has 0 radical (unpaired) electrons. The molecular weight excluding hydrogens is 250 g/mol. The molecule has 4 nitrogen and oxygen atoms in total. The first-order chi connectivity index (χ1) is 9.61. The number of hydrogen-bond acceptors (Lipinski definition) is 3. The summed E-state index contributed by atoms with van der Waals surface area (Å²) in [6.07, 6.45) is 6.67. The monoisotopic (exact) mass is 277 g/mol. The molecule has 1 amide bonds. The Balaban J connectivity index is 1.81. The molecule has 0 aromatic heterocycles. The Morgan fingerprint density at radius 2 is 1.90 bits per heavy atom. The third-order valence-electron chi connectivity index (χ3n) is 5.08. The molecule has 2 fully saturated rings. The summed E-state index contributed by atoms with van der Waals surface area (Å²) in [5.74, 6) is 0.947. The van der Waals surface area contributed by atoms with Crippen molar-refractivity contribution in [3.05, 3.63) is 0 Å². The Morgan fingerprint density at radius 3 is 2.50 bits per heavy atom. The molecule has 0 bridgehead atoms. The first-order valence-electron chi connectivity index (χ1n) is 8.06. The van der Waals surface area contributed by atoms with E-state index in [1.807, 2.05) is 6.92 Å². The van der Waals surface area contributed by atoms with E-state index >= 15 is 0 Å². The zero-order chi connectivity index (χ0) is 14.5. The zero-order valence-corrected chi connectivity index (χ0v) is 12.8. The van der Waals surface area contributed by atoms with E-state index in [0.717, 1.165) is 32.4 Å². The largest absolute Gasteiger partial charge is 0.352 e. The molecule has 3 unspecified atom stereocenters. The van der Waals surface area contributed by atoms with Crippen molar-refractivity contribution >= 4 is 5.91 Å². The zero-order valence-electron chi connectivity index (χ0n) is 12.8. The molecule has 0 aromatic rings. The number of carbonyl (C=O) groups is 1. The molecule has 0 aromatic carbocycles. The van der Waals surface area contributed by atoms with Gasteiger partial charge in [-0.1, -0.05) is 19.8 Å². The van der Waals surface area contributed by atoms with Gasteiger partial charge in [-0.3, -0.25) is 9.69 Å². The van der Waals surface area contributed by atoms with Crippen LogP contribution in [0.5, 0.6) is 0 Å². The average molecular weight is 277 g/mol. The number of nitriles is 1. The Hall–Kier alpha value is -1.08. The summed E-state index contributed by atoms with van der Waals surface area (Å²) in [7, 11) is 0. The van der Waals surface area contributed by atoms with Gasteiger partial charge in [-0.05, 0) is 38.5 Å². The van der Waals surface area contributed by atoms with Crippen LogP contribution in [-0.4, -0.2) is 36.0 Å². The second-order valence-electron chi connectivity index (χ2n) is 6.49. The first-order valence-corrected chi connectivity index (χ1v) is 8.06. The molecule has 20 heavy (non-hydrogen) atoms. The molecule has 2 aliphatic rings. The standard InChI is InChI=1S/C16H27N3O/c1-12-5-3-4-6-15(12)18-16(20)13(2)19-9-7-14(11-17)8-10-19/h12-15H,3-10H2,1-2H3,(H,18,20). The number of likely N-dealkylation sites (tertiary alicyclic amines) is 1. The van der Waals surface area contributed by atoms with Crippen molar-refractivity contribution in [3.8, 4) is 6.07 Å². The number of piperidine rings is 1. The van der Waals surface area contributed by atoms with Gasteiger partial charge in [0.15, 0.2) is 0 Å². The van der Waals surface area contributed by atoms with Crippen molar-refractivity contribution in [2.45, 2.75) is 64.5 Å². The number of carbonyl (C=O) groups excluding carboxylic acids is 1. The van der Waals surface area contributed by atoms with E-state index < -0.39 is 0 Å². The minimum absolute atomic E-state index is 0.0660. The number of nitrogens with zero attached hydrogens (tertiary/aromatic N) is 2. The maximum atomic E-state index is 12.4. The molecule has 0 spiro atoms. The minimum atomic E-state index is -0.0660. The van der Waals surface area contributed by atoms with Crippen LogP contribution < -0.4 is 5.32 Å². The van der Waals surface area contributed by atoms with E-state index in [9.17, 15) is 4.79 Å². The summed E-state index contributed by atoms with van der Waals surface area (Å²) in [5, 5.41) is 12.2. The second-order valence-corrected chi connectivity index (χ2v) is 6.49. The normalized spacial score (nSPS) is 30.4. The van der Waals surface area contributed by atoms with Gasteiger partial charge in [0.1, 0.15) is 0 Å². The van der Waals surface area contributed by atoms with Gasteiger partial charge in [0.05, 0.1) is 12.1 Å². The van der Waals surface area contributed by atoms with E-state index in [0.29, 0.717) is 12.0 Å². The van der Waals surface area contributed by atoms with Crippen molar-refractivity contribution in [2.24, 2.45) is 11.8 Å². The third-order valence-corrected chi connectivity index (χ3v) is 5.08. The van der Waals surface area contributed by atoms with Gasteiger partial charge < -0.3 is 5.32 Å². The SMILES string of the molecule is CC1CCCCC1NC(=O)C(C)N1CCC(C#N)CC1. The summed E-state index contributed by atoms with van der Waals surface area (Å²) in [6, 6.07) is 2.63. The van der Waals surface area contributed by atoms with Crippen LogP contribution in [0.25, 0.3) is 0 Å². The van der Waals surface area contributed by atoms with Crippen LogP contribution in [0.2, 0.25) is 0 Å². The van der Waals surface area contributed by atoms with Crippen LogP contribution in [0, 0.1) is 23.2 Å². The van der Waals surface area contributed by atoms with Crippen molar-refractivity contribution in [1.29, 1.82) is 5.26 Å². The van der Waals surface area contributed by atoms with E-state index in [2.05, 4.69) is 23.2 Å². The van der Waals surface area contributed by atoms with Gasteiger partial charge >= 0.3 is 0 Å². The van der Waals surface area contributed by atoms with E-state index in [1.165, 1.54) is 19.3 Å². The molecule has 2 rings (SSSR count). The Morgan fingerprint density at radius 1 is 1.25 bits per heavy atom. The van der Waals surface area contributed by atoms with Crippen LogP contribution in [-0.2, 0) is 4.79 Å². The highest BCUT2D eigenvalue weighted by molar-refractivity contribution is 5.81. The Kier molecular flexibility index (Phi) is 5.42. The smallest absolute Gasteiger partial charge is 0.237 e. The summed E-state index contributed by atoms with van der Waals surface area (Å²) in [6.45, 7) is 5.97. The fourth-order valence-corrected chi connectivity index (χ4v) is 3.42. The van der Waals surface area contributed by atoms with Crippen molar-refractivity contribution in [3.63, 3.8) is 0 Å². The summed E-state index contributed by atoms with van der Waals surface area (Å²) in [4.78, 5) is 14.6. The molecule has 1 aliphatic carbocycles. The minimum Gasteiger partial charge on any atom is -0.352 e. The molecule has 3 atom stereocenters. The highest BCUT2D eigenvalue weighted by Crippen LogP contribution is 2.24. The second kappa shape index (κ2) is 7.08. The fourth-order valence-electron chi connectivity index (χ4n) is 3.42. The summed E-state index contributed by atoms with van der Waals surface area (Å²) < 4.78 is 0. The molecule has 1 heterocycles. The highest BCUT2D eigenvalue weighted by atomic mass is 16.2. The lowest BCUT2D eigenvalue weighted by atomic mass is 9.86. The number of nitrogens with one attached hydrogen (secondary N) is 1. The molecule has 4 heteroatoms. The lowest BCUT2D eigenvalue weighted by Crippen LogP contribution is -2.52. The highest BCUT2D eigenvalue weighted by Gasteiger charge is 2.29. The van der Waals surface area contributed by atoms with Crippen molar-refractivity contribution in [2.75, 3.05) is 13.1 Å². The van der Waals surface area contributed by atoms with Crippen molar-refractivity contribution < 1.29 is 4.79 Å². The van der Waals surface area contributed by atoms with E-state index in [4.69, 9.17) is 5.26 Å². The Bertz CT molecular complexity index is 368. The topological polar surface area (TPSA) is 56.1 Å². The number of rotatable bonds is 3. The maximum absolute atomic E-state index is 12.4. The Labute approximate surface area is 122 Å². The summed E-state index contributed by atoms with van der Waals surface area (Å²) >= 11 is 0. The average Bonchev–Trinajstić information content (AvgIpc) is 2.49. The van der Waals surface area contributed by atoms with E-state index in [-0.39, 0.29) is 17.9 Å². The van der Waals surface area contributed by atoms with E-state index in [1.54, 1.807) is 0 Å². The summed E-state index contributed by atoms with van der Waals surface area (Å²) in [5.41, 5.74) is 0. The third kappa shape index (κ3) is 3.73. The van der Waals surface area contributed by atoms with Crippen LogP contribution >= 0.6 is 0 Å². The maximum Gasteiger partial charge on any atom is 0.237 e. The molecule has 1 aliphatic heterocycles. The van der Waals surface area contributed by atoms with Crippen LogP contribution in [0.15, 0.2) is 0 Å². The van der Waals surface area contributed by atoms with Gasteiger partial charge in [0, 0.05) is 25.0 Å². The first kappa shape index (κ1) is 15.3. The fraction of sp³-hybridized carbons (Fsp3) is 0.875. The predicted octanol–water partition coefficient (Wildman–Crippen LogP) is 2.31. The molecule has 1 N–H and O–H groups in total. The lowest BCUT2D eigenvalue weighted by Gasteiger charge is -2.35. The van der Waals surface area contributed by atoms with Gasteiger partial charge in [0.2, 0.25) is 5.91 Å². The van der Waals surface area contributed by atoms with Gasteiger partial charge in [0.25, 0.3) is 0 Å². The molecule has 112 valence electrons. The van der Waals surface area contributed by atoms with Crippen molar-refractivity contribution in [1.82, 2.24) is 10.2 Å². The van der Waals surface area contributed by atoms with Gasteiger partial charge in [-0.25, -0.2) is 0 Å². The van der Waals surface area contributed by atoms with Crippen LogP contribution in [0.4, 0.5) is 0 Å². The van der Waals surface area contributed by atoms with Gasteiger partial charge in [-0.15, -0.1) is 0 Å². The number of amides is 1. The molecule has 1 saturated heterocycles. The van der Waals surface area contributed by atoms with Crippen LogP contribution in [0.1, 0.15) is 52.4 Å². The number of hydrogen-bond donors (Lipinski definition) is 1. The predicted molar refractivity (Wildman–Crippen MR) is 78.9 cm³/mol. The lowest BCUT2D eigenvalue weighted by molar-refractivity contribution is -0.127. The van der Waals surface area contributed by atoms with Gasteiger partial charge in [-0.2, -0.15) is 5.26 Å². The van der Waals surface area contributed by atoms with Crippen LogP contribution in [0.3, 0.4) is 0 Å². The molecular formula is C16H27N3O.